The minimum Gasteiger partial charge on any atom is -0.338 e. The van der Waals surface area contributed by atoms with Crippen molar-refractivity contribution in [1.82, 2.24) is 25.3 Å². The lowest BCUT2D eigenvalue weighted by Crippen LogP contribution is -2.28. The lowest BCUT2D eigenvalue weighted by atomic mass is 10.0. The van der Waals surface area contributed by atoms with E-state index in [2.05, 4.69) is 36.6 Å². The molecule has 2 amide bonds. The van der Waals surface area contributed by atoms with Crippen molar-refractivity contribution in [3.8, 4) is 22.3 Å². The molecule has 0 radical (unpaired) electrons. The van der Waals surface area contributed by atoms with Gasteiger partial charge >= 0.3 is 6.03 Å². The van der Waals surface area contributed by atoms with Gasteiger partial charge in [-0.15, -0.1) is 0 Å². The highest BCUT2D eigenvalue weighted by Crippen LogP contribution is 2.38. The van der Waals surface area contributed by atoms with Gasteiger partial charge in [0.2, 0.25) is 0 Å². The number of carbonyl (C=O) groups excluding carboxylic acids is 1. The number of nitrogens with one attached hydrogen (secondary N) is 2. The first kappa shape index (κ1) is 17.0. The quantitative estimate of drug-likeness (QED) is 0.562. The molecule has 4 rings (SSSR count). The van der Waals surface area contributed by atoms with Gasteiger partial charge in [0.05, 0.1) is 10.2 Å². The SMILES string of the molecule is CCNC(=O)Nc1nc2cc(-c3cncnc3)cc(-c3cccnc3)c2s1. The molecule has 134 valence electrons. The number of urea groups is 1. The Kier molecular flexibility index (Phi) is 4.71. The van der Waals surface area contributed by atoms with E-state index in [0.717, 1.165) is 32.5 Å². The first-order valence-corrected chi connectivity index (χ1v) is 9.21. The summed E-state index contributed by atoms with van der Waals surface area (Å²) in [5.41, 5.74) is 4.63. The van der Waals surface area contributed by atoms with Crippen LogP contribution in [0.1, 0.15) is 6.92 Å². The highest BCUT2D eigenvalue weighted by Gasteiger charge is 2.14. The van der Waals surface area contributed by atoms with Crippen molar-refractivity contribution in [3.05, 3.63) is 55.4 Å². The fourth-order valence-electron chi connectivity index (χ4n) is 2.74. The van der Waals surface area contributed by atoms with Gasteiger partial charge in [-0.25, -0.2) is 19.7 Å². The third-order valence-corrected chi connectivity index (χ3v) is 4.93. The summed E-state index contributed by atoms with van der Waals surface area (Å²) >= 11 is 1.43. The van der Waals surface area contributed by atoms with E-state index >= 15 is 0 Å². The van der Waals surface area contributed by atoms with Crippen LogP contribution < -0.4 is 10.6 Å². The van der Waals surface area contributed by atoms with Gasteiger partial charge < -0.3 is 5.32 Å². The molecular formula is C19H16N6OS. The molecule has 0 saturated heterocycles. The lowest BCUT2D eigenvalue weighted by molar-refractivity contribution is 0.252. The van der Waals surface area contributed by atoms with E-state index < -0.39 is 0 Å². The van der Waals surface area contributed by atoms with Crippen LogP contribution in [0.2, 0.25) is 0 Å². The van der Waals surface area contributed by atoms with Crippen LogP contribution in [0.25, 0.3) is 32.5 Å². The summed E-state index contributed by atoms with van der Waals surface area (Å²) in [6.07, 6.45) is 8.59. The number of nitrogens with zero attached hydrogens (tertiary/aromatic N) is 4. The number of rotatable bonds is 4. The van der Waals surface area contributed by atoms with Gasteiger partial charge in [-0.1, -0.05) is 17.4 Å². The number of benzene rings is 1. The molecule has 0 bridgehead atoms. The van der Waals surface area contributed by atoms with Crippen LogP contribution in [0.3, 0.4) is 0 Å². The Morgan fingerprint density at radius 1 is 1.07 bits per heavy atom. The second-order valence-corrected chi connectivity index (χ2v) is 6.74. The summed E-state index contributed by atoms with van der Waals surface area (Å²) in [6, 6.07) is 7.69. The summed E-state index contributed by atoms with van der Waals surface area (Å²) in [4.78, 5) is 28.9. The lowest BCUT2D eigenvalue weighted by Gasteiger charge is -2.06. The van der Waals surface area contributed by atoms with Gasteiger partial charge in [0.25, 0.3) is 0 Å². The molecule has 1 aromatic carbocycles. The van der Waals surface area contributed by atoms with Crippen molar-refractivity contribution in [3.63, 3.8) is 0 Å². The molecule has 0 aliphatic heterocycles. The number of thiazole rings is 1. The maximum absolute atomic E-state index is 11.9. The normalized spacial score (nSPS) is 10.7. The van der Waals surface area contributed by atoms with Crippen LogP contribution in [-0.4, -0.2) is 32.5 Å². The number of anilines is 1. The Balaban J connectivity index is 1.86. The maximum atomic E-state index is 11.9. The molecule has 4 aromatic rings. The van der Waals surface area contributed by atoms with Crippen LogP contribution in [0, 0.1) is 0 Å². The first-order valence-electron chi connectivity index (χ1n) is 8.40. The van der Waals surface area contributed by atoms with Gasteiger partial charge in [0, 0.05) is 48.0 Å². The van der Waals surface area contributed by atoms with Gasteiger partial charge in [0.15, 0.2) is 5.13 Å². The van der Waals surface area contributed by atoms with Crippen LogP contribution in [0.5, 0.6) is 0 Å². The van der Waals surface area contributed by atoms with Crippen molar-refractivity contribution in [2.75, 3.05) is 11.9 Å². The molecular weight excluding hydrogens is 360 g/mol. The molecule has 0 fully saturated rings. The predicted molar refractivity (Wildman–Crippen MR) is 107 cm³/mol. The molecule has 7 nitrogen and oxygen atoms in total. The highest BCUT2D eigenvalue weighted by molar-refractivity contribution is 7.22. The topological polar surface area (TPSA) is 92.7 Å². The average molecular weight is 376 g/mol. The van der Waals surface area contributed by atoms with Crippen LogP contribution >= 0.6 is 11.3 Å². The van der Waals surface area contributed by atoms with Gasteiger partial charge in [0.1, 0.15) is 6.33 Å². The molecule has 3 aromatic heterocycles. The molecule has 0 unspecified atom stereocenters. The molecule has 0 aliphatic rings. The number of hydrogen-bond acceptors (Lipinski definition) is 6. The van der Waals surface area contributed by atoms with E-state index in [1.807, 2.05) is 31.3 Å². The molecule has 0 spiro atoms. The second kappa shape index (κ2) is 7.46. The van der Waals surface area contributed by atoms with Crippen LogP contribution in [0.15, 0.2) is 55.4 Å². The number of hydrogen-bond donors (Lipinski definition) is 2. The van der Waals surface area contributed by atoms with E-state index in [-0.39, 0.29) is 6.03 Å². The van der Waals surface area contributed by atoms with Crippen molar-refractivity contribution < 1.29 is 4.79 Å². The van der Waals surface area contributed by atoms with Crippen molar-refractivity contribution in [2.45, 2.75) is 6.92 Å². The molecule has 8 heteroatoms. The summed E-state index contributed by atoms with van der Waals surface area (Å²) < 4.78 is 0.982. The fourth-order valence-corrected chi connectivity index (χ4v) is 3.72. The summed E-state index contributed by atoms with van der Waals surface area (Å²) in [5.74, 6) is 0. The second-order valence-electron chi connectivity index (χ2n) is 5.74. The monoisotopic (exact) mass is 376 g/mol. The Bertz CT molecular complexity index is 1080. The van der Waals surface area contributed by atoms with Crippen LogP contribution in [0.4, 0.5) is 9.93 Å². The molecule has 2 N–H and O–H groups in total. The van der Waals surface area contributed by atoms with Gasteiger partial charge in [-0.2, -0.15) is 0 Å². The average Bonchev–Trinajstić information content (AvgIpc) is 3.11. The Labute approximate surface area is 159 Å². The number of fused-ring (bicyclic) bond motifs is 1. The number of amides is 2. The predicted octanol–water partition coefficient (Wildman–Crippen LogP) is 3.96. The Morgan fingerprint density at radius 3 is 2.63 bits per heavy atom. The summed E-state index contributed by atoms with van der Waals surface area (Å²) in [7, 11) is 0. The summed E-state index contributed by atoms with van der Waals surface area (Å²) in [5, 5.41) is 6.04. The van der Waals surface area contributed by atoms with Gasteiger partial charge in [-0.05, 0) is 30.7 Å². The fraction of sp³-hybridized carbons (Fsp3) is 0.105. The summed E-state index contributed by atoms with van der Waals surface area (Å²) in [6.45, 7) is 2.42. The standard InChI is InChI=1S/C19H16N6OS/c1-2-23-18(26)25-19-24-16-7-13(14-9-21-11-22-10-14)6-15(17(16)27-19)12-4-3-5-20-8-12/h3-11H,2H2,1H3,(H2,23,24,25,26). The third kappa shape index (κ3) is 3.61. The molecule has 0 aliphatic carbocycles. The molecule has 0 saturated carbocycles. The van der Waals surface area contributed by atoms with Crippen molar-refractivity contribution >= 4 is 32.7 Å². The molecule has 3 heterocycles. The van der Waals surface area contributed by atoms with Crippen molar-refractivity contribution in [1.29, 1.82) is 0 Å². The number of carbonyl (C=O) groups is 1. The molecule has 0 atom stereocenters. The minimum absolute atomic E-state index is 0.267. The molecule has 27 heavy (non-hydrogen) atoms. The van der Waals surface area contributed by atoms with E-state index in [0.29, 0.717) is 11.7 Å². The van der Waals surface area contributed by atoms with E-state index in [1.165, 1.54) is 17.7 Å². The first-order chi connectivity index (χ1) is 13.2. The zero-order valence-electron chi connectivity index (χ0n) is 14.5. The largest absolute Gasteiger partial charge is 0.338 e. The Hall–Kier alpha value is -3.39. The zero-order chi connectivity index (χ0) is 18.6. The highest BCUT2D eigenvalue weighted by atomic mass is 32.1. The third-order valence-electron chi connectivity index (χ3n) is 3.91. The maximum Gasteiger partial charge on any atom is 0.321 e. The number of pyridine rings is 1. The smallest absolute Gasteiger partial charge is 0.321 e. The van der Waals surface area contributed by atoms with E-state index in [1.54, 1.807) is 18.6 Å². The van der Waals surface area contributed by atoms with Crippen LogP contribution in [-0.2, 0) is 0 Å². The Morgan fingerprint density at radius 2 is 1.89 bits per heavy atom. The number of aromatic nitrogens is 4. The van der Waals surface area contributed by atoms with E-state index in [9.17, 15) is 4.79 Å². The van der Waals surface area contributed by atoms with E-state index in [4.69, 9.17) is 0 Å². The minimum atomic E-state index is -0.267. The van der Waals surface area contributed by atoms with Gasteiger partial charge in [-0.3, -0.25) is 10.3 Å². The van der Waals surface area contributed by atoms with Crippen molar-refractivity contribution in [2.24, 2.45) is 0 Å². The zero-order valence-corrected chi connectivity index (χ0v) is 15.3.